The van der Waals surface area contributed by atoms with Gasteiger partial charge in [-0.25, -0.2) is 0 Å². The average molecular weight is 276 g/mol. The minimum Gasteiger partial charge on any atom is -0.459 e. The molecule has 0 aromatic heterocycles. The molecular weight excluding hydrogens is 248 g/mol. The first kappa shape index (κ1) is 15.3. The van der Waals surface area contributed by atoms with Crippen LogP contribution in [0, 0.1) is 23.7 Å². The van der Waals surface area contributed by atoms with E-state index in [0.717, 1.165) is 32.1 Å². The van der Waals surface area contributed by atoms with E-state index < -0.39 is 0 Å². The summed E-state index contributed by atoms with van der Waals surface area (Å²) in [4.78, 5) is 12.3. The molecule has 0 radical (unpaired) electrons. The van der Waals surface area contributed by atoms with Gasteiger partial charge < -0.3 is 4.74 Å². The minimum atomic E-state index is -0.344. The van der Waals surface area contributed by atoms with Crippen molar-refractivity contribution in [3.8, 4) is 0 Å². The summed E-state index contributed by atoms with van der Waals surface area (Å²) >= 11 is 0. The van der Waals surface area contributed by atoms with Gasteiger partial charge in [0.2, 0.25) is 0 Å². The lowest BCUT2D eigenvalue weighted by Crippen LogP contribution is -2.33. The Morgan fingerprint density at radius 2 is 2.20 bits per heavy atom. The predicted octanol–water partition coefficient (Wildman–Crippen LogP) is 4.51. The van der Waals surface area contributed by atoms with Crippen molar-refractivity contribution in [3.63, 3.8) is 0 Å². The third-order valence-electron chi connectivity index (χ3n) is 4.80. The van der Waals surface area contributed by atoms with E-state index in [1.54, 1.807) is 0 Å². The van der Waals surface area contributed by atoms with Crippen molar-refractivity contribution in [2.45, 2.75) is 58.5 Å². The lowest BCUT2D eigenvalue weighted by molar-refractivity contribution is -0.163. The van der Waals surface area contributed by atoms with Gasteiger partial charge in [-0.1, -0.05) is 25.2 Å². The van der Waals surface area contributed by atoms with Crippen LogP contribution in [0.5, 0.6) is 0 Å². The van der Waals surface area contributed by atoms with Gasteiger partial charge in [-0.05, 0) is 63.7 Å². The number of carbonyl (C=O) groups is 1. The summed E-state index contributed by atoms with van der Waals surface area (Å²) in [6.07, 6.45) is 11.7. The lowest BCUT2D eigenvalue weighted by atomic mass is 9.92. The second-order valence-corrected chi connectivity index (χ2v) is 7.17. The second-order valence-electron chi connectivity index (χ2n) is 7.17. The Morgan fingerprint density at radius 3 is 2.75 bits per heavy atom. The molecule has 0 aromatic rings. The summed E-state index contributed by atoms with van der Waals surface area (Å²) in [6.45, 7) is 10.0. The fourth-order valence-corrected chi connectivity index (χ4v) is 3.42. The number of rotatable bonds is 7. The molecule has 4 unspecified atom stereocenters. The molecule has 2 heteroatoms. The van der Waals surface area contributed by atoms with Crippen LogP contribution in [-0.2, 0) is 9.53 Å². The molecule has 0 aromatic carbocycles. The first-order valence-corrected chi connectivity index (χ1v) is 7.95. The summed E-state index contributed by atoms with van der Waals surface area (Å²) in [5, 5.41) is 0. The van der Waals surface area contributed by atoms with Gasteiger partial charge in [-0.15, -0.1) is 6.58 Å². The van der Waals surface area contributed by atoms with Gasteiger partial charge in [0.15, 0.2) is 0 Å². The van der Waals surface area contributed by atoms with Crippen molar-refractivity contribution in [1.82, 2.24) is 0 Å². The third kappa shape index (κ3) is 3.74. The van der Waals surface area contributed by atoms with Crippen LogP contribution in [-0.4, -0.2) is 11.6 Å². The maximum Gasteiger partial charge on any atom is 0.310 e. The summed E-state index contributed by atoms with van der Waals surface area (Å²) < 4.78 is 5.79. The minimum absolute atomic E-state index is 0.0172. The molecule has 0 spiro atoms. The highest BCUT2D eigenvalue weighted by Gasteiger charge is 2.42. The molecule has 4 atom stereocenters. The summed E-state index contributed by atoms with van der Waals surface area (Å²) in [7, 11) is 0. The molecule has 0 N–H and O–H groups in total. The van der Waals surface area contributed by atoms with Crippen LogP contribution in [0.1, 0.15) is 52.9 Å². The molecule has 0 saturated heterocycles. The van der Waals surface area contributed by atoms with Crippen molar-refractivity contribution in [3.05, 3.63) is 24.8 Å². The van der Waals surface area contributed by atoms with E-state index in [-0.39, 0.29) is 17.5 Å². The van der Waals surface area contributed by atoms with E-state index in [9.17, 15) is 4.79 Å². The van der Waals surface area contributed by atoms with Gasteiger partial charge in [-0.3, -0.25) is 4.79 Å². The van der Waals surface area contributed by atoms with Crippen LogP contribution in [0.25, 0.3) is 0 Å². The topological polar surface area (TPSA) is 26.3 Å². The Hall–Kier alpha value is -1.05. The maximum atomic E-state index is 12.3. The normalized spacial score (nSPS) is 29.4. The number of hydrogen-bond acceptors (Lipinski definition) is 2. The Morgan fingerprint density at radius 1 is 1.45 bits per heavy atom. The molecule has 0 amide bonds. The van der Waals surface area contributed by atoms with Crippen molar-refractivity contribution >= 4 is 5.97 Å². The molecule has 2 bridgehead atoms. The van der Waals surface area contributed by atoms with Gasteiger partial charge in [0.25, 0.3) is 0 Å². The van der Waals surface area contributed by atoms with Gasteiger partial charge in [0, 0.05) is 0 Å². The first-order valence-electron chi connectivity index (χ1n) is 7.95. The predicted molar refractivity (Wildman–Crippen MR) is 82.2 cm³/mol. The van der Waals surface area contributed by atoms with E-state index in [2.05, 4.69) is 25.7 Å². The summed E-state index contributed by atoms with van der Waals surface area (Å²) in [6, 6.07) is 0. The lowest BCUT2D eigenvalue weighted by Gasteiger charge is -2.28. The van der Waals surface area contributed by atoms with E-state index in [4.69, 9.17) is 4.74 Å². The van der Waals surface area contributed by atoms with Crippen LogP contribution in [0.3, 0.4) is 0 Å². The quantitative estimate of drug-likeness (QED) is 0.505. The number of hydrogen-bond donors (Lipinski definition) is 0. The van der Waals surface area contributed by atoms with Crippen LogP contribution in [0.15, 0.2) is 24.8 Å². The standard InChI is InChI=1S/C18H28O2/c1-5-13(2)7-6-10-18(3,4)20-17(19)16-12-14-8-9-15(16)11-14/h5,8-9,13-16H,1,6-7,10-12H2,2-4H3. The molecule has 2 rings (SSSR count). The van der Waals surface area contributed by atoms with Crippen LogP contribution >= 0.6 is 0 Å². The Bertz CT molecular complexity index is 394. The summed E-state index contributed by atoms with van der Waals surface area (Å²) in [5.74, 6) is 1.72. The maximum absolute atomic E-state index is 12.3. The fraction of sp³-hybridized carbons (Fsp3) is 0.722. The van der Waals surface area contributed by atoms with Crippen LogP contribution in [0.2, 0.25) is 0 Å². The fourth-order valence-electron chi connectivity index (χ4n) is 3.42. The molecule has 0 aliphatic heterocycles. The highest BCUT2D eigenvalue weighted by atomic mass is 16.6. The monoisotopic (exact) mass is 276 g/mol. The van der Waals surface area contributed by atoms with Crippen molar-refractivity contribution in [2.75, 3.05) is 0 Å². The Kier molecular flexibility index (Phi) is 4.72. The summed E-state index contributed by atoms with van der Waals surface area (Å²) in [5.41, 5.74) is -0.344. The molecule has 112 valence electrons. The van der Waals surface area contributed by atoms with Crippen molar-refractivity contribution in [2.24, 2.45) is 23.7 Å². The number of esters is 1. The number of ether oxygens (including phenoxy) is 1. The van der Waals surface area contributed by atoms with Gasteiger partial charge in [-0.2, -0.15) is 0 Å². The largest absolute Gasteiger partial charge is 0.459 e. The smallest absolute Gasteiger partial charge is 0.310 e. The zero-order valence-electron chi connectivity index (χ0n) is 13.1. The van der Waals surface area contributed by atoms with E-state index in [1.165, 1.54) is 0 Å². The molecule has 0 heterocycles. The molecule has 2 aliphatic carbocycles. The van der Waals surface area contributed by atoms with Crippen LogP contribution in [0.4, 0.5) is 0 Å². The molecular formula is C18H28O2. The molecule has 20 heavy (non-hydrogen) atoms. The van der Waals surface area contributed by atoms with Gasteiger partial charge >= 0.3 is 5.97 Å². The van der Waals surface area contributed by atoms with Crippen molar-refractivity contribution in [1.29, 1.82) is 0 Å². The Balaban J connectivity index is 1.77. The van der Waals surface area contributed by atoms with E-state index in [1.807, 2.05) is 19.9 Å². The molecule has 1 fully saturated rings. The highest BCUT2D eigenvalue weighted by Crippen LogP contribution is 2.44. The average Bonchev–Trinajstić information content (AvgIpc) is 2.99. The SMILES string of the molecule is C=CC(C)CCCC(C)(C)OC(=O)C1CC2C=CC1C2. The number of allylic oxidation sites excluding steroid dienone is 3. The highest BCUT2D eigenvalue weighted by molar-refractivity contribution is 5.74. The zero-order valence-corrected chi connectivity index (χ0v) is 13.1. The van der Waals surface area contributed by atoms with E-state index in [0.29, 0.717) is 17.8 Å². The van der Waals surface area contributed by atoms with Gasteiger partial charge in [0.05, 0.1) is 5.92 Å². The number of fused-ring (bicyclic) bond motifs is 2. The first-order chi connectivity index (χ1) is 9.41. The third-order valence-corrected chi connectivity index (χ3v) is 4.80. The van der Waals surface area contributed by atoms with Gasteiger partial charge in [0.1, 0.15) is 5.60 Å². The Labute approximate surface area is 123 Å². The van der Waals surface area contributed by atoms with Crippen LogP contribution < -0.4 is 0 Å². The van der Waals surface area contributed by atoms with Crippen molar-refractivity contribution < 1.29 is 9.53 Å². The zero-order chi connectivity index (χ0) is 14.8. The molecule has 2 nitrogen and oxygen atoms in total. The molecule has 1 saturated carbocycles. The molecule has 2 aliphatic rings. The van der Waals surface area contributed by atoms with E-state index >= 15 is 0 Å². The second kappa shape index (κ2) is 6.15. The number of carbonyl (C=O) groups excluding carboxylic acids is 1.